The lowest BCUT2D eigenvalue weighted by molar-refractivity contribution is 0.351. The molecule has 1 N–H and O–H groups in total. The minimum Gasteiger partial charge on any atom is -0.493 e. The zero-order valence-electron chi connectivity index (χ0n) is 10.7. The first-order chi connectivity index (χ1) is 8.81. The van der Waals surface area contributed by atoms with Gasteiger partial charge in [0.2, 0.25) is 0 Å². The molecular weight excluding hydrogens is 226 g/mol. The van der Waals surface area contributed by atoms with Gasteiger partial charge in [0.1, 0.15) is 11.5 Å². The Morgan fingerprint density at radius 3 is 2.83 bits per heavy atom. The third-order valence-electron chi connectivity index (χ3n) is 3.55. The van der Waals surface area contributed by atoms with E-state index in [9.17, 15) is 0 Å². The first-order valence-electron chi connectivity index (χ1n) is 6.27. The van der Waals surface area contributed by atoms with Gasteiger partial charge in [0.15, 0.2) is 0 Å². The van der Waals surface area contributed by atoms with Crippen LogP contribution in [0.2, 0.25) is 0 Å². The van der Waals surface area contributed by atoms with Gasteiger partial charge in [-0.3, -0.25) is 0 Å². The van der Waals surface area contributed by atoms with Crippen LogP contribution in [0, 0.1) is 6.92 Å². The molecule has 1 aliphatic rings. The smallest absolute Gasteiger partial charge is 0.127 e. The van der Waals surface area contributed by atoms with E-state index in [4.69, 9.17) is 9.15 Å². The minimum absolute atomic E-state index is 0.122. The van der Waals surface area contributed by atoms with E-state index in [1.807, 2.05) is 20.0 Å². The van der Waals surface area contributed by atoms with E-state index in [0.29, 0.717) is 0 Å². The molecule has 0 saturated carbocycles. The number of rotatable bonds is 3. The van der Waals surface area contributed by atoms with Crippen molar-refractivity contribution in [2.75, 3.05) is 13.7 Å². The number of hydrogen-bond donors (Lipinski definition) is 1. The molecule has 3 heteroatoms. The summed E-state index contributed by atoms with van der Waals surface area (Å²) in [5.74, 6) is 1.99. The Labute approximate surface area is 107 Å². The summed E-state index contributed by atoms with van der Waals surface area (Å²) in [6.45, 7) is 2.77. The molecule has 0 saturated heterocycles. The normalized spacial score (nSPS) is 15.2. The number of benzene rings is 1. The molecule has 3 rings (SSSR count). The molecule has 0 bridgehead atoms. The number of ether oxygens (including phenoxy) is 1. The van der Waals surface area contributed by atoms with Gasteiger partial charge in [0.05, 0.1) is 18.9 Å². The molecule has 0 radical (unpaired) electrons. The maximum atomic E-state index is 5.78. The van der Waals surface area contributed by atoms with Crippen LogP contribution in [-0.4, -0.2) is 13.7 Å². The molecular formula is C15H17NO2. The summed E-state index contributed by atoms with van der Waals surface area (Å²) in [4.78, 5) is 0. The van der Waals surface area contributed by atoms with Gasteiger partial charge in [-0.05, 0) is 25.6 Å². The quantitative estimate of drug-likeness (QED) is 0.900. The van der Waals surface area contributed by atoms with Crippen molar-refractivity contribution < 1.29 is 9.15 Å². The van der Waals surface area contributed by atoms with E-state index >= 15 is 0 Å². The Morgan fingerprint density at radius 1 is 1.22 bits per heavy atom. The molecule has 2 heterocycles. The Kier molecular flexibility index (Phi) is 2.84. The van der Waals surface area contributed by atoms with Crippen LogP contribution in [0.25, 0.3) is 0 Å². The monoisotopic (exact) mass is 243 g/mol. The Hall–Kier alpha value is -1.74. The van der Waals surface area contributed by atoms with Crippen LogP contribution in [0.15, 0.2) is 34.9 Å². The lowest BCUT2D eigenvalue weighted by Gasteiger charge is -2.18. The molecule has 2 aromatic rings. The fraction of sp³-hybridized carbons (Fsp3) is 0.333. The predicted octanol–water partition coefficient (Wildman–Crippen LogP) is 2.83. The van der Waals surface area contributed by atoms with Gasteiger partial charge in [-0.25, -0.2) is 0 Å². The van der Waals surface area contributed by atoms with Crippen LogP contribution in [0.3, 0.4) is 0 Å². The van der Waals surface area contributed by atoms with E-state index < -0.39 is 0 Å². The topological polar surface area (TPSA) is 34.4 Å². The minimum atomic E-state index is 0.122. The van der Waals surface area contributed by atoms with E-state index in [0.717, 1.165) is 24.5 Å². The van der Waals surface area contributed by atoms with Crippen LogP contribution >= 0.6 is 0 Å². The van der Waals surface area contributed by atoms with Gasteiger partial charge < -0.3 is 14.5 Å². The molecule has 1 unspecified atom stereocenters. The molecule has 0 fully saturated rings. The number of furan rings is 1. The van der Waals surface area contributed by atoms with Crippen LogP contribution in [0.1, 0.15) is 28.5 Å². The van der Waals surface area contributed by atoms with E-state index in [2.05, 4.69) is 23.5 Å². The number of hydrogen-bond acceptors (Lipinski definition) is 3. The summed E-state index contributed by atoms with van der Waals surface area (Å²) in [6.07, 6.45) is 2.74. The zero-order valence-corrected chi connectivity index (χ0v) is 10.7. The number of para-hydroxylation sites is 1. The lowest BCUT2D eigenvalue weighted by atomic mass is 9.96. The van der Waals surface area contributed by atoms with E-state index in [-0.39, 0.29) is 6.04 Å². The third-order valence-corrected chi connectivity index (χ3v) is 3.55. The molecule has 1 aromatic heterocycles. The summed E-state index contributed by atoms with van der Waals surface area (Å²) in [7, 11) is 1.96. The maximum Gasteiger partial charge on any atom is 0.127 e. The largest absolute Gasteiger partial charge is 0.493 e. The molecule has 1 aromatic carbocycles. The molecule has 1 atom stereocenters. The molecule has 18 heavy (non-hydrogen) atoms. The Morgan fingerprint density at radius 2 is 2.11 bits per heavy atom. The Bertz CT molecular complexity index is 559. The van der Waals surface area contributed by atoms with Crippen molar-refractivity contribution in [1.29, 1.82) is 0 Å². The molecule has 0 spiro atoms. The summed E-state index contributed by atoms with van der Waals surface area (Å²) < 4.78 is 11.2. The van der Waals surface area contributed by atoms with Crippen molar-refractivity contribution in [2.45, 2.75) is 19.4 Å². The Balaban J connectivity index is 2.08. The first kappa shape index (κ1) is 11.4. The second-order valence-electron chi connectivity index (χ2n) is 4.59. The fourth-order valence-corrected chi connectivity index (χ4v) is 2.64. The van der Waals surface area contributed by atoms with Crippen molar-refractivity contribution in [2.24, 2.45) is 0 Å². The van der Waals surface area contributed by atoms with E-state index in [1.54, 1.807) is 6.26 Å². The van der Waals surface area contributed by atoms with Crippen molar-refractivity contribution in [3.05, 3.63) is 53.0 Å². The van der Waals surface area contributed by atoms with Crippen LogP contribution < -0.4 is 10.1 Å². The van der Waals surface area contributed by atoms with Gasteiger partial charge in [-0.2, -0.15) is 0 Å². The summed E-state index contributed by atoms with van der Waals surface area (Å²) in [6, 6.07) is 8.50. The van der Waals surface area contributed by atoms with Crippen LogP contribution in [-0.2, 0) is 6.42 Å². The molecule has 3 nitrogen and oxygen atoms in total. The van der Waals surface area contributed by atoms with E-state index in [1.165, 1.54) is 16.7 Å². The fourth-order valence-electron chi connectivity index (χ4n) is 2.64. The van der Waals surface area contributed by atoms with Gasteiger partial charge in [0.25, 0.3) is 0 Å². The van der Waals surface area contributed by atoms with Gasteiger partial charge >= 0.3 is 0 Å². The maximum absolute atomic E-state index is 5.78. The highest BCUT2D eigenvalue weighted by molar-refractivity contribution is 5.49. The van der Waals surface area contributed by atoms with Crippen molar-refractivity contribution >= 4 is 0 Å². The average Bonchev–Trinajstić information content (AvgIpc) is 3.00. The predicted molar refractivity (Wildman–Crippen MR) is 70.0 cm³/mol. The van der Waals surface area contributed by atoms with Crippen LogP contribution in [0.4, 0.5) is 0 Å². The van der Waals surface area contributed by atoms with Crippen molar-refractivity contribution in [3.63, 3.8) is 0 Å². The van der Waals surface area contributed by atoms with Crippen molar-refractivity contribution in [3.8, 4) is 5.75 Å². The van der Waals surface area contributed by atoms with Gasteiger partial charge in [0, 0.05) is 17.5 Å². The first-order valence-corrected chi connectivity index (χ1v) is 6.27. The standard InChI is InChI=1S/C15H17NO2/c1-10-12(7-9-17-10)14(16-2)13-5-3-4-11-6-8-18-15(11)13/h3-5,7,9,14,16H,6,8H2,1-2H3. The third kappa shape index (κ3) is 1.71. The summed E-state index contributed by atoms with van der Waals surface area (Å²) >= 11 is 0. The van der Waals surface area contributed by atoms with Gasteiger partial charge in [-0.1, -0.05) is 18.2 Å². The number of fused-ring (bicyclic) bond motifs is 1. The number of nitrogens with one attached hydrogen (secondary N) is 1. The number of aryl methyl sites for hydroxylation is 1. The second kappa shape index (κ2) is 4.50. The second-order valence-corrected chi connectivity index (χ2v) is 4.59. The summed E-state index contributed by atoms with van der Waals surface area (Å²) in [5, 5.41) is 3.35. The average molecular weight is 243 g/mol. The lowest BCUT2D eigenvalue weighted by Crippen LogP contribution is -2.18. The zero-order chi connectivity index (χ0) is 12.5. The molecule has 94 valence electrons. The summed E-state index contributed by atoms with van der Waals surface area (Å²) in [5.41, 5.74) is 3.66. The molecule has 1 aliphatic heterocycles. The highest BCUT2D eigenvalue weighted by atomic mass is 16.5. The molecule has 0 amide bonds. The highest BCUT2D eigenvalue weighted by Crippen LogP contribution is 2.36. The highest BCUT2D eigenvalue weighted by Gasteiger charge is 2.24. The van der Waals surface area contributed by atoms with Crippen molar-refractivity contribution in [1.82, 2.24) is 5.32 Å². The SMILES string of the molecule is CNC(c1ccoc1C)c1cccc2c1OCC2. The van der Waals surface area contributed by atoms with Crippen LogP contribution in [0.5, 0.6) is 5.75 Å². The van der Waals surface area contributed by atoms with Gasteiger partial charge in [-0.15, -0.1) is 0 Å². The molecule has 0 aliphatic carbocycles.